The highest BCUT2D eigenvalue weighted by Gasteiger charge is 2.10. The highest BCUT2D eigenvalue weighted by molar-refractivity contribution is 5.78. The first-order chi connectivity index (χ1) is 6.60. The molecule has 0 aromatic carbocycles. The first-order valence-electron chi connectivity index (χ1n) is 3.90. The van der Waals surface area contributed by atoms with Crippen molar-refractivity contribution in [1.82, 2.24) is 5.32 Å². The van der Waals surface area contributed by atoms with Crippen LogP contribution < -0.4 is 5.32 Å². The van der Waals surface area contributed by atoms with Crippen LogP contribution in [-0.4, -0.2) is 59.7 Å². The number of aliphatic hydroxyl groups is 2. The fraction of sp³-hybridized carbons (Fsp3) is 0.714. The zero-order valence-electron chi connectivity index (χ0n) is 7.47. The molecule has 0 fully saturated rings. The van der Waals surface area contributed by atoms with Crippen molar-refractivity contribution in [2.24, 2.45) is 0 Å². The maximum absolute atomic E-state index is 10.9. The van der Waals surface area contributed by atoms with Crippen LogP contribution in [0.4, 0.5) is 0 Å². The Balaban J connectivity index is 3.59. The average molecular weight is 207 g/mol. The Morgan fingerprint density at radius 3 is 2.21 bits per heavy atom. The molecule has 0 aromatic heterocycles. The lowest BCUT2D eigenvalue weighted by molar-refractivity contribution is -0.143. The van der Waals surface area contributed by atoms with Gasteiger partial charge in [-0.05, 0) is 0 Å². The molecule has 0 saturated carbocycles. The van der Waals surface area contributed by atoms with E-state index in [0.29, 0.717) is 0 Å². The highest BCUT2D eigenvalue weighted by Crippen LogP contribution is 1.81. The van der Waals surface area contributed by atoms with E-state index in [0.717, 1.165) is 0 Å². The Kier molecular flexibility index (Phi) is 6.63. The molecule has 0 aliphatic heterocycles. The van der Waals surface area contributed by atoms with Crippen LogP contribution >= 0.6 is 0 Å². The van der Waals surface area contributed by atoms with Crippen LogP contribution in [0, 0.1) is 0 Å². The van der Waals surface area contributed by atoms with Crippen molar-refractivity contribution < 1.29 is 29.6 Å². The molecule has 0 unspecified atom stereocenters. The molecule has 4 N–H and O–H groups in total. The number of nitrogens with one attached hydrogen (secondary N) is 1. The molecule has 0 heterocycles. The van der Waals surface area contributed by atoms with Crippen LogP contribution in [0.5, 0.6) is 0 Å². The van der Waals surface area contributed by atoms with Crippen molar-refractivity contribution in [2.75, 3.05) is 26.4 Å². The van der Waals surface area contributed by atoms with Crippen molar-refractivity contribution in [3.63, 3.8) is 0 Å². The second-order valence-electron chi connectivity index (χ2n) is 2.52. The van der Waals surface area contributed by atoms with Gasteiger partial charge in [0.15, 0.2) is 0 Å². The van der Waals surface area contributed by atoms with E-state index < -0.39 is 31.1 Å². The molecule has 0 atom stereocenters. The zero-order chi connectivity index (χ0) is 11.0. The third-order valence-corrected chi connectivity index (χ3v) is 1.26. The minimum absolute atomic E-state index is 0.388. The monoisotopic (exact) mass is 207 g/mol. The first kappa shape index (κ1) is 12.8. The fourth-order valence-electron chi connectivity index (χ4n) is 0.649. The van der Waals surface area contributed by atoms with Gasteiger partial charge in [0.05, 0.1) is 19.3 Å². The minimum Gasteiger partial charge on any atom is -0.480 e. The summed E-state index contributed by atoms with van der Waals surface area (Å²) in [6.45, 7) is -1.75. The molecular formula is C7H13NO6. The number of hydrogen-bond donors (Lipinski definition) is 4. The number of hydrogen-bond acceptors (Lipinski definition) is 5. The predicted molar refractivity (Wildman–Crippen MR) is 44.6 cm³/mol. The zero-order valence-corrected chi connectivity index (χ0v) is 7.47. The number of aliphatic carboxylic acids is 1. The number of carbonyl (C=O) groups excluding carboxylic acids is 1. The lowest BCUT2D eigenvalue weighted by atomic mass is 10.3. The lowest BCUT2D eigenvalue weighted by Crippen LogP contribution is -2.42. The number of aliphatic hydroxyl groups excluding tert-OH is 2. The van der Waals surface area contributed by atoms with Gasteiger partial charge in [-0.1, -0.05) is 0 Å². The summed E-state index contributed by atoms with van der Waals surface area (Å²) in [4.78, 5) is 20.9. The van der Waals surface area contributed by atoms with Gasteiger partial charge >= 0.3 is 5.97 Å². The molecule has 0 aliphatic rings. The van der Waals surface area contributed by atoms with Gasteiger partial charge in [0.25, 0.3) is 0 Å². The Labute approximate surface area is 80.3 Å². The standard InChI is InChI=1S/C7H13NO6/c9-1-5(2-10)8-6(11)3-14-4-7(12)13/h5,9-10H,1-4H2,(H,8,11)(H,12,13). The molecule has 0 aromatic rings. The van der Waals surface area contributed by atoms with Gasteiger partial charge in [0, 0.05) is 0 Å². The van der Waals surface area contributed by atoms with Crippen molar-refractivity contribution in [3.8, 4) is 0 Å². The molecule has 7 nitrogen and oxygen atoms in total. The molecule has 0 bridgehead atoms. The Morgan fingerprint density at radius 2 is 1.79 bits per heavy atom. The van der Waals surface area contributed by atoms with E-state index in [1.807, 2.05) is 0 Å². The fourth-order valence-corrected chi connectivity index (χ4v) is 0.649. The number of carboxylic acid groups (broad SMARTS) is 1. The lowest BCUT2D eigenvalue weighted by Gasteiger charge is -2.12. The van der Waals surface area contributed by atoms with Crippen molar-refractivity contribution in [2.45, 2.75) is 6.04 Å². The average Bonchev–Trinajstić information content (AvgIpc) is 2.13. The van der Waals surface area contributed by atoms with Gasteiger partial charge in [-0.3, -0.25) is 4.79 Å². The number of carbonyl (C=O) groups is 2. The Morgan fingerprint density at radius 1 is 1.21 bits per heavy atom. The van der Waals surface area contributed by atoms with Gasteiger partial charge < -0.3 is 25.4 Å². The van der Waals surface area contributed by atoms with E-state index in [1.165, 1.54) is 0 Å². The summed E-state index contributed by atoms with van der Waals surface area (Å²) in [6.07, 6.45) is 0. The molecule has 0 spiro atoms. The molecule has 0 rings (SSSR count). The van der Waals surface area contributed by atoms with Gasteiger partial charge in [0.2, 0.25) is 5.91 Å². The topological polar surface area (TPSA) is 116 Å². The molecular weight excluding hydrogens is 194 g/mol. The minimum atomic E-state index is -1.17. The van der Waals surface area contributed by atoms with Crippen LogP contribution in [-0.2, 0) is 14.3 Å². The summed E-state index contributed by atoms with van der Waals surface area (Å²) in [5.41, 5.74) is 0. The number of carboxylic acids is 1. The molecule has 0 radical (unpaired) electrons. The number of rotatable bonds is 7. The quantitative estimate of drug-likeness (QED) is 0.368. The van der Waals surface area contributed by atoms with E-state index in [-0.39, 0.29) is 13.2 Å². The second kappa shape index (κ2) is 7.25. The maximum Gasteiger partial charge on any atom is 0.329 e. The SMILES string of the molecule is O=C(O)COCC(=O)NC(CO)CO. The summed E-state index contributed by atoms with van der Waals surface area (Å²) in [7, 11) is 0. The summed E-state index contributed by atoms with van der Waals surface area (Å²) in [6, 6.07) is -0.740. The summed E-state index contributed by atoms with van der Waals surface area (Å²) < 4.78 is 4.47. The smallest absolute Gasteiger partial charge is 0.329 e. The van der Waals surface area contributed by atoms with Gasteiger partial charge in [-0.2, -0.15) is 0 Å². The molecule has 1 amide bonds. The van der Waals surface area contributed by atoms with E-state index in [9.17, 15) is 9.59 Å². The van der Waals surface area contributed by atoms with E-state index >= 15 is 0 Å². The summed E-state index contributed by atoms with van der Waals surface area (Å²) in [5, 5.41) is 27.6. The second-order valence-corrected chi connectivity index (χ2v) is 2.52. The molecule has 0 aliphatic carbocycles. The van der Waals surface area contributed by atoms with Crippen LogP contribution in [0.25, 0.3) is 0 Å². The maximum atomic E-state index is 10.9. The molecule has 14 heavy (non-hydrogen) atoms. The summed E-state index contributed by atoms with van der Waals surface area (Å²) in [5.74, 6) is -1.75. The third kappa shape index (κ3) is 6.35. The first-order valence-corrected chi connectivity index (χ1v) is 3.90. The highest BCUT2D eigenvalue weighted by atomic mass is 16.5. The molecule has 7 heteroatoms. The van der Waals surface area contributed by atoms with Crippen molar-refractivity contribution in [1.29, 1.82) is 0 Å². The van der Waals surface area contributed by atoms with Crippen LogP contribution in [0.2, 0.25) is 0 Å². The predicted octanol–water partition coefficient (Wildman–Crippen LogP) is -2.44. The Hall–Kier alpha value is -1.18. The normalized spacial score (nSPS) is 10.2. The molecule has 0 saturated heterocycles. The summed E-state index contributed by atoms with van der Waals surface area (Å²) >= 11 is 0. The van der Waals surface area contributed by atoms with Crippen LogP contribution in [0.1, 0.15) is 0 Å². The van der Waals surface area contributed by atoms with E-state index in [1.54, 1.807) is 0 Å². The van der Waals surface area contributed by atoms with E-state index in [2.05, 4.69) is 10.1 Å². The van der Waals surface area contributed by atoms with Crippen molar-refractivity contribution >= 4 is 11.9 Å². The van der Waals surface area contributed by atoms with Gasteiger partial charge in [-0.15, -0.1) is 0 Å². The van der Waals surface area contributed by atoms with E-state index in [4.69, 9.17) is 15.3 Å². The Bertz CT molecular complexity index is 191. The van der Waals surface area contributed by atoms with Crippen LogP contribution in [0.3, 0.4) is 0 Å². The largest absolute Gasteiger partial charge is 0.480 e. The van der Waals surface area contributed by atoms with Crippen molar-refractivity contribution in [3.05, 3.63) is 0 Å². The van der Waals surface area contributed by atoms with Gasteiger partial charge in [0.1, 0.15) is 13.2 Å². The molecule has 82 valence electrons. The van der Waals surface area contributed by atoms with Gasteiger partial charge in [-0.25, -0.2) is 4.79 Å². The number of amides is 1. The van der Waals surface area contributed by atoms with Crippen LogP contribution in [0.15, 0.2) is 0 Å². The third-order valence-electron chi connectivity index (χ3n) is 1.26. The number of ether oxygens (including phenoxy) is 1.